The highest BCUT2D eigenvalue weighted by Crippen LogP contribution is 2.20. The van der Waals surface area contributed by atoms with Gasteiger partial charge in [-0.3, -0.25) is 9.59 Å². The molecule has 0 atom stereocenters. The lowest BCUT2D eigenvalue weighted by atomic mass is 10.0. The lowest BCUT2D eigenvalue weighted by molar-refractivity contribution is 0.0947. The van der Waals surface area contributed by atoms with Crippen LogP contribution >= 0.6 is 0 Å². The maximum atomic E-state index is 12.6. The number of carbonyl (C=O) groups excluding carboxylic acids is 2. The molecule has 0 spiro atoms. The molecule has 0 aliphatic rings. The van der Waals surface area contributed by atoms with Crippen LogP contribution in [0.25, 0.3) is 11.1 Å². The second kappa shape index (κ2) is 10.2. The minimum Gasteiger partial charge on any atom is -0.385 e. The second-order valence-electron chi connectivity index (χ2n) is 6.58. The fraction of sp³-hybridized carbons (Fsp3) is 0.167. The number of anilines is 1. The van der Waals surface area contributed by atoms with Crippen LogP contribution in [0.4, 0.5) is 5.69 Å². The van der Waals surface area contributed by atoms with Gasteiger partial charge in [0.2, 0.25) is 0 Å². The topological polar surface area (TPSA) is 67.4 Å². The maximum Gasteiger partial charge on any atom is 0.255 e. The highest BCUT2D eigenvalue weighted by Gasteiger charge is 2.09. The van der Waals surface area contributed by atoms with Gasteiger partial charge in [-0.15, -0.1) is 0 Å². The lowest BCUT2D eigenvalue weighted by Crippen LogP contribution is -2.25. The van der Waals surface area contributed by atoms with Crippen molar-refractivity contribution in [3.63, 3.8) is 0 Å². The zero-order valence-corrected chi connectivity index (χ0v) is 16.4. The number of ether oxygens (including phenoxy) is 1. The first kappa shape index (κ1) is 20.3. The van der Waals surface area contributed by atoms with Crippen LogP contribution in [0.3, 0.4) is 0 Å². The Balaban J connectivity index is 1.62. The number of hydrogen-bond donors (Lipinski definition) is 2. The van der Waals surface area contributed by atoms with Crippen LogP contribution in [0.5, 0.6) is 0 Å². The van der Waals surface area contributed by atoms with Crippen LogP contribution in [-0.2, 0) is 4.74 Å². The van der Waals surface area contributed by atoms with E-state index in [0.717, 1.165) is 17.5 Å². The Hall–Kier alpha value is -3.44. The van der Waals surface area contributed by atoms with Crippen molar-refractivity contribution < 1.29 is 14.3 Å². The Morgan fingerprint density at radius 1 is 0.793 bits per heavy atom. The minimum absolute atomic E-state index is 0.176. The fourth-order valence-corrected chi connectivity index (χ4v) is 2.91. The van der Waals surface area contributed by atoms with E-state index in [1.807, 2.05) is 42.5 Å². The fourth-order valence-electron chi connectivity index (χ4n) is 2.91. The van der Waals surface area contributed by atoms with Crippen LogP contribution < -0.4 is 10.6 Å². The molecule has 0 saturated heterocycles. The van der Waals surface area contributed by atoms with E-state index in [-0.39, 0.29) is 11.8 Å². The van der Waals surface area contributed by atoms with Gasteiger partial charge in [-0.05, 0) is 47.9 Å². The summed E-state index contributed by atoms with van der Waals surface area (Å²) < 4.78 is 4.97. The van der Waals surface area contributed by atoms with Crippen LogP contribution in [0.15, 0.2) is 78.9 Å². The van der Waals surface area contributed by atoms with E-state index in [1.165, 1.54) is 0 Å². The van der Waals surface area contributed by atoms with E-state index in [9.17, 15) is 9.59 Å². The molecule has 29 heavy (non-hydrogen) atoms. The lowest BCUT2D eigenvalue weighted by Gasteiger charge is -2.09. The molecular weight excluding hydrogens is 364 g/mol. The van der Waals surface area contributed by atoms with Gasteiger partial charge in [-0.25, -0.2) is 0 Å². The normalized spacial score (nSPS) is 10.4. The van der Waals surface area contributed by atoms with Crippen molar-refractivity contribution in [1.29, 1.82) is 0 Å². The van der Waals surface area contributed by atoms with Crippen molar-refractivity contribution in [3.05, 3.63) is 90.0 Å². The standard InChI is InChI=1S/C24H24N2O3/c1-29-16-6-15-25-23(27)21-9-5-10-22(17-21)26-24(28)20-13-11-19(12-14-20)18-7-3-2-4-8-18/h2-5,7-14,17H,6,15-16H2,1H3,(H,25,27)(H,26,28). The third-order valence-corrected chi connectivity index (χ3v) is 4.45. The van der Waals surface area contributed by atoms with Gasteiger partial charge < -0.3 is 15.4 Å². The minimum atomic E-state index is -0.220. The van der Waals surface area contributed by atoms with Gasteiger partial charge in [0.05, 0.1) is 0 Å². The van der Waals surface area contributed by atoms with Gasteiger partial charge >= 0.3 is 0 Å². The molecule has 0 heterocycles. The summed E-state index contributed by atoms with van der Waals surface area (Å²) in [5, 5.41) is 5.69. The van der Waals surface area contributed by atoms with Gasteiger partial charge in [0.15, 0.2) is 0 Å². The average molecular weight is 388 g/mol. The molecule has 2 amide bonds. The molecule has 0 aliphatic carbocycles. The molecule has 0 unspecified atom stereocenters. The molecule has 0 radical (unpaired) electrons. The van der Waals surface area contributed by atoms with E-state index in [1.54, 1.807) is 43.5 Å². The molecule has 0 saturated carbocycles. The number of amides is 2. The van der Waals surface area contributed by atoms with Crippen molar-refractivity contribution in [2.75, 3.05) is 25.6 Å². The molecular formula is C24H24N2O3. The number of methoxy groups -OCH3 is 1. The summed E-state index contributed by atoms with van der Waals surface area (Å²) in [6, 6.07) is 24.3. The summed E-state index contributed by atoms with van der Waals surface area (Å²) in [4.78, 5) is 24.8. The van der Waals surface area contributed by atoms with E-state index < -0.39 is 0 Å². The summed E-state index contributed by atoms with van der Waals surface area (Å²) in [6.07, 6.45) is 0.748. The third kappa shape index (κ3) is 5.77. The van der Waals surface area contributed by atoms with Crippen molar-refractivity contribution in [3.8, 4) is 11.1 Å². The molecule has 3 aromatic carbocycles. The van der Waals surface area contributed by atoms with Crippen molar-refractivity contribution in [2.45, 2.75) is 6.42 Å². The Kier molecular flexibility index (Phi) is 7.14. The molecule has 3 rings (SSSR count). The third-order valence-electron chi connectivity index (χ3n) is 4.45. The molecule has 5 heteroatoms. The molecule has 148 valence electrons. The zero-order valence-electron chi connectivity index (χ0n) is 16.4. The van der Waals surface area contributed by atoms with Gasteiger partial charge in [0.1, 0.15) is 0 Å². The number of hydrogen-bond acceptors (Lipinski definition) is 3. The van der Waals surface area contributed by atoms with Crippen molar-refractivity contribution in [2.24, 2.45) is 0 Å². The molecule has 0 aromatic heterocycles. The molecule has 0 aliphatic heterocycles. The number of benzene rings is 3. The molecule has 5 nitrogen and oxygen atoms in total. The first-order chi connectivity index (χ1) is 14.2. The quantitative estimate of drug-likeness (QED) is 0.563. The Morgan fingerprint density at radius 2 is 1.52 bits per heavy atom. The summed E-state index contributed by atoms with van der Waals surface area (Å²) >= 11 is 0. The van der Waals surface area contributed by atoms with E-state index in [4.69, 9.17) is 4.74 Å². The molecule has 0 bridgehead atoms. The van der Waals surface area contributed by atoms with Gasteiger partial charge in [-0.2, -0.15) is 0 Å². The van der Waals surface area contributed by atoms with Gasteiger partial charge in [-0.1, -0.05) is 48.5 Å². The number of rotatable bonds is 8. The van der Waals surface area contributed by atoms with E-state index in [2.05, 4.69) is 10.6 Å². The maximum absolute atomic E-state index is 12.6. The summed E-state index contributed by atoms with van der Waals surface area (Å²) in [6.45, 7) is 1.14. The predicted octanol–water partition coefficient (Wildman–Crippen LogP) is 4.37. The van der Waals surface area contributed by atoms with Crippen LogP contribution in [0.1, 0.15) is 27.1 Å². The van der Waals surface area contributed by atoms with E-state index in [0.29, 0.717) is 30.0 Å². The Morgan fingerprint density at radius 3 is 2.24 bits per heavy atom. The first-order valence-electron chi connectivity index (χ1n) is 9.51. The van der Waals surface area contributed by atoms with Crippen LogP contribution in [-0.4, -0.2) is 32.1 Å². The highest BCUT2D eigenvalue weighted by molar-refractivity contribution is 6.05. The average Bonchev–Trinajstić information content (AvgIpc) is 2.77. The predicted molar refractivity (Wildman–Crippen MR) is 115 cm³/mol. The first-order valence-corrected chi connectivity index (χ1v) is 9.51. The van der Waals surface area contributed by atoms with E-state index >= 15 is 0 Å². The highest BCUT2D eigenvalue weighted by atomic mass is 16.5. The number of nitrogens with one attached hydrogen (secondary N) is 2. The summed E-state index contributed by atoms with van der Waals surface area (Å²) in [5.41, 5.74) is 3.78. The smallest absolute Gasteiger partial charge is 0.255 e. The number of carbonyl (C=O) groups is 2. The van der Waals surface area contributed by atoms with Crippen molar-refractivity contribution in [1.82, 2.24) is 5.32 Å². The van der Waals surface area contributed by atoms with Crippen molar-refractivity contribution >= 4 is 17.5 Å². The summed E-state index contributed by atoms with van der Waals surface area (Å²) in [7, 11) is 1.63. The molecule has 2 N–H and O–H groups in total. The largest absolute Gasteiger partial charge is 0.385 e. The van der Waals surface area contributed by atoms with Crippen LogP contribution in [0.2, 0.25) is 0 Å². The molecule has 3 aromatic rings. The Labute approximate surface area is 170 Å². The zero-order chi connectivity index (χ0) is 20.5. The monoisotopic (exact) mass is 388 g/mol. The second-order valence-corrected chi connectivity index (χ2v) is 6.58. The van der Waals surface area contributed by atoms with Gasteiger partial charge in [0, 0.05) is 37.1 Å². The van der Waals surface area contributed by atoms with Gasteiger partial charge in [0.25, 0.3) is 11.8 Å². The summed E-state index contributed by atoms with van der Waals surface area (Å²) in [5.74, 6) is -0.397. The SMILES string of the molecule is COCCCNC(=O)c1cccc(NC(=O)c2ccc(-c3ccccc3)cc2)c1. The van der Waals surface area contributed by atoms with Crippen LogP contribution in [0, 0.1) is 0 Å². The molecule has 0 fully saturated rings. The Bertz CT molecular complexity index is 953.